The molecule has 6 nitrogen and oxygen atoms in total. The topological polar surface area (TPSA) is 62.5 Å². The molecule has 0 saturated carbocycles. The summed E-state index contributed by atoms with van der Waals surface area (Å²) in [4.78, 5) is 20.7. The quantitative estimate of drug-likeness (QED) is 0.617. The van der Waals surface area contributed by atoms with Crippen molar-refractivity contribution in [3.8, 4) is 11.4 Å². The minimum atomic E-state index is -0.606. The summed E-state index contributed by atoms with van der Waals surface area (Å²) >= 11 is 11.7. The predicted octanol–water partition coefficient (Wildman–Crippen LogP) is 4.14. The second-order valence-electron chi connectivity index (χ2n) is 6.71. The lowest BCUT2D eigenvalue weighted by molar-refractivity contribution is 0.0610. The Kier molecular flexibility index (Phi) is 5.80. The van der Waals surface area contributed by atoms with Crippen LogP contribution in [0.25, 0.3) is 11.4 Å². The Labute approximate surface area is 176 Å². The average Bonchev–Trinajstić information content (AvgIpc) is 3.17. The zero-order valence-electron chi connectivity index (χ0n) is 15.3. The zero-order chi connectivity index (χ0) is 20.4. The molecule has 29 heavy (non-hydrogen) atoms. The summed E-state index contributed by atoms with van der Waals surface area (Å²) in [6, 6.07) is 11.3. The molecular weight excluding hydrogens is 418 g/mol. The maximum absolute atomic E-state index is 14.0. The highest BCUT2D eigenvalue weighted by molar-refractivity contribution is 6.31. The molecule has 0 spiro atoms. The number of halogens is 3. The monoisotopic (exact) mass is 434 g/mol. The first-order chi connectivity index (χ1) is 14.0. The zero-order valence-corrected chi connectivity index (χ0v) is 16.8. The van der Waals surface area contributed by atoms with Crippen molar-refractivity contribution in [2.45, 2.75) is 6.54 Å². The van der Waals surface area contributed by atoms with Gasteiger partial charge in [0.15, 0.2) is 0 Å². The number of amides is 1. The minimum absolute atomic E-state index is 0.0346. The maximum atomic E-state index is 14.0. The van der Waals surface area contributed by atoms with Gasteiger partial charge in [-0.2, -0.15) is 4.98 Å². The van der Waals surface area contributed by atoms with Crippen LogP contribution in [0.4, 0.5) is 4.39 Å². The van der Waals surface area contributed by atoms with Crippen molar-refractivity contribution in [3.05, 3.63) is 69.8 Å². The van der Waals surface area contributed by atoms with E-state index in [1.165, 1.54) is 12.1 Å². The van der Waals surface area contributed by atoms with Gasteiger partial charge in [-0.1, -0.05) is 28.4 Å². The number of hydrogen-bond acceptors (Lipinski definition) is 5. The predicted molar refractivity (Wildman–Crippen MR) is 107 cm³/mol. The van der Waals surface area contributed by atoms with Gasteiger partial charge in [0.05, 0.1) is 12.1 Å². The van der Waals surface area contributed by atoms with Crippen LogP contribution in [-0.4, -0.2) is 52.0 Å². The summed E-state index contributed by atoms with van der Waals surface area (Å²) in [5.74, 6) is 0.0642. The number of piperazine rings is 1. The first-order valence-corrected chi connectivity index (χ1v) is 9.80. The van der Waals surface area contributed by atoms with Gasteiger partial charge >= 0.3 is 0 Å². The molecule has 1 aliphatic heterocycles. The third-order valence-electron chi connectivity index (χ3n) is 4.75. The first kappa shape index (κ1) is 19.8. The fraction of sp³-hybridized carbons (Fsp3) is 0.250. The third-order valence-corrected chi connectivity index (χ3v) is 5.24. The largest absolute Gasteiger partial charge is 0.338 e. The van der Waals surface area contributed by atoms with Gasteiger partial charge in [0.25, 0.3) is 5.91 Å². The molecule has 2 aromatic carbocycles. The molecule has 1 aromatic heterocycles. The van der Waals surface area contributed by atoms with Crippen molar-refractivity contribution in [1.29, 1.82) is 0 Å². The Morgan fingerprint density at radius 2 is 1.72 bits per heavy atom. The molecule has 0 aliphatic carbocycles. The molecule has 0 unspecified atom stereocenters. The van der Waals surface area contributed by atoms with Crippen molar-refractivity contribution < 1.29 is 13.7 Å². The molecule has 4 rings (SSSR count). The summed E-state index contributed by atoms with van der Waals surface area (Å²) in [5.41, 5.74) is 0.858. The van der Waals surface area contributed by atoms with Crippen LogP contribution in [0.1, 0.15) is 16.2 Å². The van der Waals surface area contributed by atoms with Crippen LogP contribution in [0.3, 0.4) is 0 Å². The van der Waals surface area contributed by atoms with Crippen LogP contribution in [0, 0.1) is 5.82 Å². The van der Waals surface area contributed by atoms with Crippen molar-refractivity contribution in [3.63, 3.8) is 0 Å². The minimum Gasteiger partial charge on any atom is -0.338 e. The molecular formula is C20H17Cl2FN4O2. The van der Waals surface area contributed by atoms with Gasteiger partial charge < -0.3 is 9.42 Å². The van der Waals surface area contributed by atoms with E-state index in [1.54, 1.807) is 17.0 Å². The van der Waals surface area contributed by atoms with Crippen LogP contribution in [0.15, 0.2) is 47.0 Å². The Bertz CT molecular complexity index is 1020. The molecule has 0 bridgehead atoms. The van der Waals surface area contributed by atoms with E-state index in [2.05, 4.69) is 15.0 Å². The third kappa shape index (κ3) is 4.58. The van der Waals surface area contributed by atoms with E-state index >= 15 is 0 Å². The van der Waals surface area contributed by atoms with E-state index in [0.29, 0.717) is 49.5 Å². The Hall–Kier alpha value is -2.48. The van der Waals surface area contributed by atoms with Crippen LogP contribution in [0.2, 0.25) is 10.0 Å². The number of rotatable bonds is 4. The Morgan fingerprint density at radius 1 is 1.03 bits per heavy atom. The van der Waals surface area contributed by atoms with E-state index in [4.69, 9.17) is 27.7 Å². The maximum Gasteiger partial charge on any atom is 0.256 e. The first-order valence-electron chi connectivity index (χ1n) is 9.05. The van der Waals surface area contributed by atoms with Gasteiger partial charge in [-0.25, -0.2) is 4.39 Å². The average molecular weight is 435 g/mol. The van der Waals surface area contributed by atoms with E-state index in [9.17, 15) is 9.18 Å². The Morgan fingerprint density at radius 3 is 2.41 bits per heavy atom. The molecule has 1 fully saturated rings. The Balaban J connectivity index is 1.34. The van der Waals surface area contributed by atoms with E-state index < -0.39 is 5.82 Å². The lowest BCUT2D eigenvalue weighted by Crippen LogP contribution is -2.48. The van der Waals surface area contributed by atoms with Gasteiger partial charge in [-0.05, 0) is 42.5 Å². The highest BCUT2D eigenvalue weighted by Crippen LogP contribution is 2.20. The summed E-state index contributed by atoms with van der Waals surface area (Å²) in [7, 11) is 0. The lowest BCUT2D eigenvalue weighted by atomic mass is 10.1. The molecule has 2 heterocycles. The summed E-state index contributed by atoms with van der Waals surface area (Å²) in [6.45, 7) is 2.70. The molecule has 0 radical (unpaired) electrons. The van der Waals surface area contributed by atoms with E-state index in [1.807, 2.05) is 12.1 Å². The smallest absolute Gasteiger partial charge is 0.256 e. The molecule has 1 amide bonds. The van der Waals surface area contributed by atoms with Gasteiger partial charge in [0.1, 0.15) is 5.82 Å². The number of carbonyl (C=O) groups excluding carboxylic acids is 1. The molecule has 0 atom stereocenters. The number of carbonyl (C=O) groups is 1. The molecule has 1 aliphatic rings. The molecule has 1 saturated heterocycles. The number of hydrogen-bond donors (Lipinski definition) is 0. The lowest BCUT2D eigenvalue weighted by Gasteiger charge is -2.34. The highest BCUT2D eigenvalue weighted by Gasteiger charge is 2.25. The van der Waals surface area contributed by atoms with Crippen LogP contribution in [0.5, 0.6) is 0 Å². The molecule has 150 valence electrons. The standard InChI is InChI=1S/C20H17Cl2FN4O2/c21-14-3-1-13(2-4-14)19-24-18(29-25-19)12-26-7-9-27(10-8-26)20(28)16-6-5-15(22)11-17(16)23/h1-6,11H,7-10,12H2. The molecule has 3 aromatic rings. The van der Waals surface area contributed by atoms with Crippen molar-refractivity contribution in [2.75, 3.05) is 26.2 Å². The normalized spacial score (nSPS) is 14.9. The van der Waals surface area contributed by atoms with Crippen LogP contribution < -0.4 is 0 Å². The van der Waals surface area contributed by atoms with Gasteiger partial charge in [0.2, 0.25) is 11.7 Å². The number of aromatic nitrogens is 2. The van der Waals surface area contributed by atoms with Gasteiger partial charge in [0, 0.05) is 41.8 Å². The van der Waals surface area contributed by atoms with Crippen molar-refractivity contribution >= 4 is 29.1 Å². The second kappa shape index (κ2) is 8.49. The SMILES string of the molecule is O=C(c1ccc(Cl)cc1F)N1CCN(Cc2nc(-c3ccc(Cl)cc3)no2)CC1. The van der Waals surface area contributed by atoms with Gasteiger partial charge in [-0.3, -0.25) is 9.69 Å². The molecule has 0 N–H and O–H groups in total. The second-order valence-corrected chi connectivity index (χ2v) is 7.58. The van der Waals surface area contributed by atoms with E-state index in [0.717, 1.165) is 11.6 Å². The molecule has 9 heteroatoms. The van der Waals surface area contributed by atoms with Gasteiger partial charge in [-0.15, -0.1) is 0 Å². The fourth-order valence-corrected chi connectivity index (χ4v) is 3.45. The van der Waals surface area contributed by atoms with Crippen molar-refractivity contribution in [2.24, 2.45) is 0 Å². The summed E-state index contributed by atoms with van der Waals surface area (Å²) < 4.78 is 19.4. The summed E-state index contributed by atoms with van der Waals surface area (Å²) in [5, 5.41) is 4.92. The van der Waals surface area contributed by atoms with E-state index in [-0.39, 0.29) is 16.5 Å². The number of nitrogens with zero attached hydrogens (tertiary/aromatic N) is 4. The van der Waals surface area contributed by atoms with Crippen LogP contribution in [-0.2, 0) is 6.54 Å². The highest BCUT2D eigenvalue weighted by atomic mass is 35.5. The fourth-order valence-electron chi connectivity index (χ4n) is 3.17. The number of benzene rings is 2. The van der Waals surface area contributed by atoms with Crippen LogP contribution >= 0.6 is 23.2 Å². The van der Waals surface area contributed by atoms with Crippen molar-refractivity contribution in [1.82, 2.24) is 19.9 Å². The summed E-state index contributed by atoms with van der Waals surface area (Å²) in [6.07, 6.45) is 0.